The lowest BCUT2D eigenvalue weighted by atomic mass is 10.0. The Kier molecular flexibility index (Phi) is 4.33. The molecule has 0 amide bonds. The Balaban J connectivity index is 2.12. The Morgan fingerprint density at radius 1 is 1.57 bits per heavy atom. The molecule has 0 spiro atoms. The van der Waals surface area contributed by atoms with Gasteiger partial charge in [-0.1, -0.05) is 0 Å². The zero-order valence-corrected chi connectivity index (χ0v) is 8.66. The summed E-state index contributed by atoms with van der Waals surface area (Å²) in [7, 11) is 0. The predicted molar refractivity (Wildman–Crippen MR) is 52.6 cm³/mol. The minimum Gasteiger partial charge on any atom is -0.381 e. The van der Waals surface area contributed by atoms with Crippen molar-refractivity contribution in [3.05, 3.63) is 0 Å². The van der Waals surface area contributed by atoms with Crippen molar-refractivity contribution in [1.82, 2.24) is 0 Å². The fourth-order valence-corrected chi connectivity index (χ4v) is 1.38. The Morgan fingerprint density at radius 3 is 2.79 bits per heavy atom. The van der Waals surface area contributed by atoms with E-state index in [-0.39, 0.29) is 0 Å². The van der Waals surface area contributed by atoms with Crippen LogP contribution in [0.25, 0.3) is 0 Å². The second-order valence-corrected chi connectivity index (χ2v) is 4.10. The molecule has 14 heavy (non-hydrogen) atoms. The van der Waals surface area contributed by atoms with Crippen LogP contribution in [0.3, 0.4) is 0 Å². The molecule has 1 saturated heterocycles. The van der Waals surface area contributed by atoms with E-state index in [1.807, 2.05) is 6.07 Å². The lowest BCUT2D eigenvalue weighted by Crippen LogP contribution is -2.40. The normalized spacial score (nSPS) is 22.6. The van der Waals surface area contributed by atoms with Crippen LogP contribution >= 0.6 is 0 Å². The van der Waals surface area contributed by atoms with E-state index in [1.54, 1.807) is 6.92 Å². The fraction of sp³-hybridized carbons (Fsp3) is 0.900. The van der Waals surface area contributed by atoms with Crippen LogP contribution < -0.4 is 5.73 Å². The molecule has 1 aliphatic rings. The molecule has 1 rings (SSSR count). The van der Waals surface area contributed by atoms with Gasteiger partial charge in [0, 0.05) is 19.8 Å². The van der Waals surface area contributed by atoms with Gasteiger partial charge in [-0.25, -0.2) is 0 Å². The van der Waals surface area contributed by atoms with Crippen molar-refractivity contribution in [2.45, 2.75) is 25.3 Å². The summed E-state index contributed by atoms with van der Waals surface area (Å²) in [6, 6.07) is 2.01. The van der Waals surface area contributed by atoms with E-state index in [0.717, 1.165) is 26.1 Å². The van der Waals surface area contributed by atoms with E-state index < -0.39 is 5.54 Å². The minimum absolute atomic E-state index is 0.306. The smallest absolute Gasteiger partial charge is 0.124 e. The van der Waals surface area contributed by atoms with Gasteiger partial charge in [0.05, 0.1) is 12.7 Å². The van der Waals surface area contributed by atoms with Crippen molar-refractivity contribution in [3.8, 4) is 6.07 Å². The maximum Gasteiger partial charge on any atom is 0.124 e. The molecule has 0 aromatic carbocycles. The second-order valence-electron chi connectivity index (χ2n) is 4.10. The number of nitrogens with two attached hydrogens (primary N) is 1. The Morgan fingerprint density at radius 2 is 2.21 bits per heavy atom. The summed E-state index contributed by atoms with van der Waals surface area (Å²) >= 11 is 0. The molecule has 1 heterocycles. The van der Waals surface area contributed by atoms with Gasteiger partial charge >= 0.3 is 0 Å². The highest BCUT2D eigenvalue weighted by Gasteiger charge is 2.19. The van der Waals surface area contributed by atoms with Crippen LogP contribution in [0.4, 0.5) is 0 Å². The largest absolute Gasteiger partial charge is 0.381 e. The number of hydrogen-bond donors (Lipinski definition) is 1. The Bertz CT molecular complexity index is 205. The average molecular weight is 198 g/mol. The third kappa shape index (κ3) is 4.05. The van der Waals surface area contributed by atoms with Gasteiger partial charge in [-0.3, -0.25) is 0 Å². The topological polar surface area (TPSA) is 68.3 Å². The third-order valence-corrected chi connectivity index (χ3v) is 2.35. The standard InChI is InChI=1S/C10H18N2O2/c1-10(12,7-11)8-14-6-9-2-4-13-5-3-9/h9H,2-6,8,12H2,1H3. The van der Waals surface area contributed by atoms with Crippen LogP contribution in [0, 0.1) is 17.2 Å². The molecule has 0 bridgehead atoms. The fourth-order valence-electron chi connectivity index (χ4n) is 1.38. The maximum atomic E-state index is 8.66. The molecular weight excluding hydrogens is 180 g/mol. The van der Waals surface area contributed by atoms with Gasteiger partial charge in [0.25, 0.3) is 0 Å². The quantitative estimate of drug-likeness (QED) is 0.721. The highest BCUT2D eigenvalue weighted by atomic mass is 16.5. The monoisotopic (exact) mass is 198 g/mol. The van der Waals surface area contributed by atoms with Gasteiger partial charge in [0.15, 0.2) is 0 Å². The van der Waals surface area contributed by atoms with Crippen LogP contribution in [-0.4, -0.2) is 32.0 Å². The van der Waals surface area contributed by atoms with Gasteiger partial charge in [0.2, 0.25) is 0 Å². The summed E-state index contributed by atoms with van der Waals surface area (Å²) < 4.78 is 10.7. The third-order valence-electron chi connectivity index (χ3n) is 2.35. The number of hydrogen-bond acceptors (Lipinski definition) is 4. The molecule has 0 saturated carbocycles. The molecule has 1 atom stereocenters. The zero-order chi connectivity index (χ0) is 10.4. The molecule has 0 aromatic rings. The SMILES string of the molecule is CC(N)(C#N)COCC1CCOCC1. The van der Waals surface area contributed by atoms with Gasteiger partial charge in [-0.2, -0.15) is 5.26 Å². The van der Waals surface area contributed by atoms with E-state index >= 15 is 0 Å². The Hall–Kier alpha value is -0.630. The lowest BCUT2D eigenvalue weighted by molar-refractivity contribution is 0.0140. The first kappa shape index (κ1) is 11.4. The van der Waals surface area contributed by atoms with Gasteiger partial charge in [-0.05, 0) is 25.7 Å². The van der Waals surface area contributed by atoms with Crippen molar-refractivity contribution in [2.75, 3.05) is 26.4 Å². The first-order chi connectivity index (χ1) is 6.64. The summed E-state index contributed by atoms with van der Waals surface area (Å²) in [5.41, 5.74) is 4.76. The van der Waals surface area contributed by atoms with E-state index in [1.165, 1.54) is 0 Å². The summed E-state index contributed by atoms with van der Waals surface area (Å²) in [6.07, 6.45) is 2.10. The zero-order valence-electron chi connectivity index (χ0n) is 8.66. The van der Waals surface area contributed by atoms with E-state index in [0.29, 0.717) is 19.1 Å². The van der Waals surface area contributed by atoms with Crippen molar-refractivity contribution in [3.63, 3.8) is 0 Å². The summed E-state index contributed by atoms with van der Waals surface area (Å²) in [5, 5.41) is 8.66. The van der Waals surface area contributed by atoms with Crippen LogP contribution in [0.1, 0.15) is 19.8 Å². The number of ether oxygens (including phenoxy) is 2. The molecule has 4 heteroatoms. The molecule has 1 unspecified atom stereocenters. The number of nitrogens with zero attached hydrogens (tertiary/aromatic N) is 1. The van der Waals surface area contributed by atoms with Crippen LogP contribution in [0.2, 0.25) is 0 Å². The molecule has 4 nitrogen and oxygen atoms in total. The molecule has 80 valence electrons. The minimum atomic E-state index is -0.856. The van der Waals surface area contributed by atoms with Crippen LogP contribution in [0.15, 0.2) is 0 Å². The molecule has 0 radical (unpaired) electrons. The Labute approximate surface area is 85.0 Å². The van der Waals surface area contributed by atoms with Crippen molar-refractivity contribution in [1.29, 1.82) is 5.26 Å². The summed E-state index contributed by atoms with van der Waals surface area (Å²) in [6.45, 7) is 4.33. The van der Waals surface area contributed by atoms with Gasteiger partial charge < -0.3 is 15.2 Å². The first-order valence-corrected chi connectivity index (χ1v) is 5.00. The molecule has 1 aliphatic heterocycles. The van der Waals surface area contributed by atoms with Gasteiger partial charge in [0.1, 0.15) is 5.54 Å². The van der Waals surface area contributed by atoms with Crippen molar-refractivity contribution < 1.29 is 9.47 Å². The molecule has 0 aliphatic carbocycles. The molecule has 1 fully saturated rings. The highest BCUT2D eigenvalue weighted by molar-refractivity contribution is 5.00. The van der Waals surface area contributed by atoms with Crippen LogP contribution in [-0.2, 0) is 9.47 Å². The van der Waals surface area contributed by atoms with E-state index in [2.05, 4.69) is 0 Å². The van der Waals surface area contributed by atoms with Crippen molar-refractivity contribution >= 4 is 0 Å². The summed E-state index contributed by atoms with van der Waals surface area (Å²) in [5.74, 6) is 0.568. The molecule has 2 N–H and O–H groups in total. The van der Waals surface area contributed by atoms with Crippen molar-refractivity contribution in [2.24, 2.45) is 11.7 Å². The van der Waals surface area contributed by atoms with Gasteiger partial charge in [-0.15, -0.1) is 0 Å². The second kappa shape index (κ2) is 5.30. The van der Waals surface area contributed by atoms with Crippen LogP contribution in [0.5, 0.6) is 0 Å². The molecular formula is C10H18N2O2. The summed E-state index contributed by atoms with van der Waals surface area (Å²) in [4.78, 5) is 0. The first-order valence-electron chi connectivity index (χ1n) is 5.00. The lowest BCUT2D eigenvalue weighted by Gasteiger charge is -2.23. The van der Waals surface area contributed by atoms with E-state index in [9.17, 15) is 0 Å². The number of nitriles is 1. The van der Waals surface area contributed by atoms with E-state index in [4.69, 9.17) is 20.5 Å². The number of rotatable bonds is 4. The predicted octanol–water partition coefficient (Wildman–Crippen LogP) is 0.671. The average Bonchev–Trinajstić information content (AvgIpc) is 2.19. The highest BCUT2D eigenvalue weighted by Crippen LogP contribution is 2.15. The molecule has 0 aromatic heterocycles. The maximum absolute atomic E-state index is 8.66.